The van der Waals surface area contributed by atoms with Crippen molar-refractivity contribution in [2.24, 2.45) is 0 Å². The molecule has 0 aliphatic rings. The van der Waals surface area contributed by atoms with Crippen molar-refractivity contribution in [2.75, 3.05) is 13.1 Å². The molecule has 6 nitrogen and oxygen atoms in total. The van der Waals surface area contributed by atoms with Crippen molar-refractivity contribution < 1.29 is 23.8 Å². The van der Waals surface area contributed by atoms with Crippen molar-refractivity contribution in [3.05, 3.63) is 45.7 Å². The van der Waals surface area contributed by atoms with Gasteiger partial charge in [0, 0.05) is 6.54 Å². The molecule has 2 aromatic rings. The van der Waals surface area contributed by atoms with E-state index in [-0.39, 0.29) is 24.9 Å². The number of rotatable bonds is 8. The summed E-state index contributed by atoms with van der Waals surface area (Å²) in [5.41, 5.74) is 0.541. The van der Waals surface area contributed by atoms with Crippen molar-refractivity contribution >= 4 is 23.2 Å². The Balaban J connectivity index is 2.08. The van der Waals surface area contributed by atoms with Crippen LogP contribution in [0.1, 0.15) is 33.7 Å². The monoisotopic (exact) mass is 366 g/mol. The molecule has 0 atom stereocenters. The first-order chi connectivity index (χ1) is 11.9. The van der Waals surface area contributed by atoms with Crippen molar-refractivity contribution in [3.8, 4) is 5.75 Å². The van der Waals surface area contributed by atoms with Crippen LogP contribution in [0.3, 0.4) is 0 Å². The molecule has 8 heteroatoms. The average molecular weight is 366 g/mol. The second kappa shape index (κ2) is 8.57. The van der Waals surface area contributed by atoms with Gasteiger partial charge in [-0.1, -0.05) is 6.92 Å². The van der Waals surface area contributed by atoms with Gasteiger partial charge < -0.3 is 14.7 Å². The number of aromatic nitrogens is 1. The highest BCUT2D eigenvalue weighted by Gasteiger charge is 2.22. The molecule has 0 fully saturated rings. The number of thiazole rings is 1. The summed E-state index contributed by atoms with van der Waals surface area (Å²) in [7, 11) is 0. The number of ether oxygens (including phenoxy) is 1. The Bertz CT molecular complexity index is 746. The van der Waals surface area contributed by atoms with E-state index in [0.717, 1.165) is 0 Å². The van der Waals surface area contributed by atoms with Gasteiger partial charge in [-0.25, -0.2) is 9.37 Å². The van der Waals surface area contributed by atoms with Gasteiger partial charge in [0.2, 0.25) is 0 Å². The Morgan fingerprint density at radius 2 is 2.00 bits per heavy atom. The number of hydrogen-bond acceptors (Lipinski definition) is 5. The normalized spacial score (nSPS) is 10.5. The number of nitrogens with zero attached hydrogens (tertiary/aromatic N) is 2. The smallest absolute Gasteiger partial charge is 0.323 e. The third-order valence-electron chi connectivity index (χ3n) is 3.32. The maximum Gasteiger partial charge on any atom is 0.323 e. The van der Waals surface area contributed by atoms with Gasteiger partial charge in [0.15, 0.2) is 0 Å². The predicted octanol–water partition coefficient (Wildman–Crippen LogP) is 3.11. The van der Waals surface area contributed by atoms with E-state index in [1.54, 1.807) is 6.92 Å². The van der Waals surface area contributed by atoms with Crippen LogP contribution >= 0.6 is 11.3 Å². The van der Waals surface area contributed by atoms with Gasteiger partial charge in [-0.05, 0) is 37.6 Å². The molecule has 1 aromatic carbocycles. The lowest BCUT2D eigenvalue weighted by Gasteiger charge is -2.19. The summed E-state index contributed by atoms with van der Waals surface area (Å²) in [4.78, 5) is 29.5. The maximum absolute atomic E-state index is 12.9. The van der Waals surface area contributed by atoms with Crippen molar-refractivity contribution in [1.29, 1.82) is 0 Å². The first-order valence-electron chi connectivity index (χ1n) is 7.76. The SMILES string of the molecule is CCCN(CC(=O)O)C(=O)c1sc(COc2ccc(F)cc2)nc1C. The van der Waals surface area contributed by atoms with Crippen LogP contribution in [0.25, 0.3) is 0 Å². The van der Waals surface area contributed by atoms with Gasteiger partial charge in [0.1, 0.15) is 34.6 Å². The zero-order chi connectivity index (χ0) is 18.4. The molecule has 1 heterocycles. The molecule has 2 rings (SSSR count). The molecular formula is C17H19FN2O4S. The van der Waals surface area contributed by atoms with Crippen LogP contribution in [0.15, 0.2) is 24.3 Å². The van der Waals surface area contributed by atoms with Crippen LogP contribution in [0.4, 0.5) is 4.39 Å². The van der Waals surface area contributed by atoms with Gasteiger partial charge in [0.25, 0.3) is 5.91 Å². The maximum atomic E-state index is 12.9. The van der Waals surface area contributed by atoms with E-state index >= 15 is 0 Å². The first kappa shape index (κ1) is 18.9. The standard InChI is InChI=1S/C17H19FN2O4S/c1-3-8-20(9-15(21)22)17(23)16-11(2)19-14(25-16)10-24-13-6-4-12(18)5-7-13/h4-7H,3,8-10H2,1-2H3,(H,21,22). The number of carboxylic acid groups (broad SMARTS) is 1. The molecule has 0 radical (unpaired) electrons. The minimum absolute atomic E-state index is 0.150. The Hall–Kier alpha value is -2.48. The molecule has 0 saturated heterocycles. The summed E-state index contributed by atoms with van der Waals surface area (Å²) < 4.78 is 18.4. The second-order valence-corrected chi connectivity index (χ2v) is 6.47. The van der Waals surface area contributed by atoms with Crippen molar-refractivity contribution in [2.45, 2.75) is 26.9 Å². The van der Waals surface area contributed by atoms with E-state index in [0.29, 0.717) is 34.3 Å². The fourth-order valence-corrected chi connectivity index (χ4v) is 3.16. The van der Waals surface area contributed by atoms with E-state index < -0.39 is 5.97 Å². The summed E-state index contributed by atoms with van der Waals surface area (Å²) in [5.74, 6) is -1.24. The molecule has 1 amide bonds. The third-order valence-corrected chi connectivity index (χ3v) is 4.44. The molecule has 0 bridgehead atoms. The number of carbonyl (C=O) groups is 2. The minimum Gasteiger partial charge on any atom is -0.486 e. The number of amides is 1. The Labute approximate surface area is 148 Å². The Kier molecular flexibility index (Phi) is 6.46. The van der Waals surface area contributed by atoms with Crippen LogP contribution in [-0.4, -0.2) is 40.0 Å². The molecule has 134 valence electrons. The molecule has 0 aliphatic carbocycles. The predicted molar refractivity (Wildman–Crippen MR) is 91.4 cm³/mol. The summed E-state index contributed by atoms with van der Waals surface area (Å²) in [5, 5.41) is 9.55. The molecule has 0 aliphatic heterocycles. The van der Waals surface area contributed by atoms with E-state index in [4.69, 9.17) is 9.84 Å². The van der Waals surface area contributed by atoms with Gasteiger partial charge in [-0.3, -0.25) is 9.59 Å². The van der Waals surface area contributed by atoms with E-state index in [9.17, 15) is 14.0 Å². The lowest BCUT2D eigenvalue weighted by molar-refractivity contribution is -0.137. The van der Waals surface area contributed by atoms with Gasteiger partial charge in [0.05, 0.1) is 5.69 Å². The molecule has 1 aromatic heterocycles. The van der Waals surface area contributed by atoms with Crippen LogP contribution in [0.5, 0.6) is 5.75 Å². The zero-order valence-corrected chi connectivity index (χ0v) is 14.8. The largest absolute Gasteiger partial charge is 0.486 e. The van der Waals surface area contributed by atoms with Crippen LogP contribution in [-0.2, 0) is 11.4 Å². The number of benzene rings is 1. The molecule has 0 unspecified atom stereocenters. The van der Waals surface area contributed by atoms with Crippen LogP contribution in [0, 0.1) is 12.7 Å². The average Bonchev–Trinajstić information content (AvgIpc) is 2.94. The second-order valence-electron chi connectivity index (χ2n) is 5.39. The molecule has 25 heavy (non-hydrogen) atoms. The molecular weight excluding hydrogens is 347 g/mol. The van der Waals surface area contributed by atoms with Gasteiger partial charge >= 0.3 is 5.97 Å². The lowest BCUT2D eigenvalue weighted by atomic mass is 10.3. The number of hydrogen-bond donors (Lipinski definition) is 1. The Morgan fingerprint density at radius 3 is 2.60 bits per heavy atom. The molecule has 0 spiro atoms. The van der Waals surface area contributed by atoms with Crippen molar-refractivity contribution in [1.82, 2.24) is 9.88 Å². The fourth-order valence-electron chi connectivity index (χ4n) is 2.22. The fraction of sp³-hybridized carbons (Fsp3) is 0.353. The third kappa shape index (κ3) is 5.25. The number of halogens is 1. The summed E-state index contributed by atoms with van der Waals surface area (Å²) >= 11 is 1.18. The highest BCUT2D eigenvalue weighted by Crippen LogP contribution is 2.22. The summed E-state index contributed by atoms with van der Waals surface area (Å²) in [6, 6.07) is 5.62. The lowest BCUT2D eigenvalue weighted by Crippen LogP contribution is -2.36. The number of carboxylic acids is 1. The number of aryl methyl sites for hydroxylation is 1. The van der Waals surface area contributed by atoms with Gasteiger partial charge in [-0.15, -0.1) is 11.3 Å². The topological polar surface area (TPSA) is 79.7 Å². The van der Waals surface area contributed by atoms with E-state index in [2.05, 4.69) is 4.98 Å². The quantitative estimate of drug-likeness (QED) is 0.776. The summed E-state index contributed by atoms with van der Waals surface area (Å²) in [6.45, 7) is 3.76. The highest BCUT2D eigenvalue weighted by molar-refractivity contribution is 7.13. The van der Waals surface area contributed by atoms with Crippen molar-refractivity contribution in [3.63, 3.8) is 0 Å². The van der Waals surface area contributed by atoms with Crippen LogP contribution < -0.4 is 4.74 Å². The van der Waals surface area contributed by atoms with E-state index in [1.165, 1.54) is 40.5 Å². The molecule has 1 N–H and O–H groups in total. The molecule has 0 saturated carbocycles. The zero-order valence-electron chi connectivity index (χ0n) is 14.0. The minimum atomic E-state index is -1.05. The number of aliphatic carboxylic acids is 1. The van der Waals surface area contributed by atoms with Crippen LogP contribution in [0.2, 0.25) is 0 Å². The number of carbonyl (C=O) groups excluding carboxylic acids is 1. The summed E-state index contributed by atoms with van der Waals surface area (Å²) in [6.07, 6.45) is 0.664. The highest BCUT2D eigenvalue weighted by atomic mass is 32.1. The first-order valence-corrected chi connectivity index (χ1v) is 8.58. The Morgan fingerprint density at radius 1 is 1.32 bits per heavy atom. The van der Waals surface area contributed by atoms with Gasteiger partial charge in [-0.2, -0.15) is 0 Å². The van der Waals surface area contributed by atoms with E-state index in [1.807, 2.05) is 6.92 Å².